The summed E-state index contributed by atoms with van der Waals surface area (Å²) in [5.74, 6) is 2.52. The van der Waals surface area contributed by atoms with Crippen LogP contribution in [0.4, 0.5) is 0 Å². The summed E-state index contributed by atoms with van der Waals surface area (Å²) in [7, 11) is 0. The van der Waals surface area contributed by atoms with E-state index in [1.165, 1.54) is 43.9 Å². The fraction of sp³-hybridized carbons (Fsp3) is 0.450. The molecule has 1 saturated carbocycles. The maximum Gasteiger partial charge on any atom is 0.214 e. The molecule has 0 aromatic carbocycles. The highest BCUT2D eigenvalue weighted by atomic mass is 32.2. The summed E-state index contributed by atoms with van der Waals surface area (Å²) in [5, 5.41) is 9.09. The number of hydrogen-bond donors (Lipinski definition) is 1. The number of aromatic nitrogens is 6. The molecular formula is C20H24N6S. The highest BCUT2D eigenvalue weighted by Gasteiger charge is 2.17. The largest absolute Gasteiger partial charge is 0.264 e. The van der Waals surface area contributed by atoms with E-state index in [4.69, 9.17) is 4.98 Å². The molecule has 27 heavy (non-hydrogen) atoms. The Labute approximate surface area is 163 Å². The second kappa shape index (κ2) is 8.17. The van der Waals surface area contributed by atoms with Gasteiger partial charge >= 0.3 is 0 Å². The van der Waals surface area contributed by atoms with Gasteiger partial charge in [-0.3, -0.25) is 10.1 Å². The Bertz CT molecular complexity index is 902. The lowest BCUT2D eigenvalue weighted by Crippen LogP contribution is -1.99. The summed E-state index contributed by atoms with van der Waals surface area (Å²) in [6, 6.07) is 3.87. The van der Waals surface area contributed by atoms with Gasteiger partial charge in [0.1, 0.15) is 10.9 Å². The second-order valence-electron chi connectivity index (χ2n) is 7.16. The van der Waals surface area contributed by atoms with E-state index in [0.29, 0.717) is 5.82 Å². The van der Waals surface area contributed by atoms with Crippen LogP contribution < -0.4 is 0 Å². The first-order chi connectivity index (χ1) is 13.2. The number of hydrogen-bond acceptors (Lipinski definition) is 6. The number of nitrogens with one attached hydrogen (secondary N) is 1. The average molecular weight is 381 g/mol. The quantitative estimate of drug-likeness (QED) is 0.632. The lowest BCUT2D eigenvalue weighted by atomic mass is 10.0. The van der Waals surface area contributed by atoms with Crippen LogP contribution in [0.1, 0.15) is 49.2 Å². The van der Waals surface area contributed by atoms with Crippen molar-refractivity contribution in [1.82, 2.24) is 30.1 Å². The van der Waals surface area contributed by atoms with Gasteiger partial charge in [0.25, 0.3) is 0 Å². The van der Waals surface area contributed by atoms with Crippen LogP contribution in [0, 0.1) is 19.8 Å². The molecule has 0 saturated heterocycles. The molecule has 0 unspecified atom stereocenters. The van der Waals surface area contributed by atoms with Gasteiger partial charge in [0.15, 0.2) is 5.82 Å². The third-order valence-corrected chi connectivity index (χ3v) is 6.18. The second-order valence-corrected chi connectivity index (χ2v) is 8.12. The maximum absolute atomic E-state index is 4.73. The number of rotatable bonds is 6. The molecule has 3 heterocycles. The molecule has 3 aromatic heterocycles. The minimum Gasteiger partial charge on any atom is -0.264 e. The third-order valence-electron chi connectivity index (χ3n) is 5.23. The molecule has 3 aromatic rings. The highest BCUT2D eigenvalue weighted by Crippen LogP contribution is 2.30. The van der Waals surface area contributed by atoms with Crippen LogP contribution in [0.25, 0.3) is 11.4 Å². The summed E-state index contributed by atoms with van der Waals surface area (Å²) in [6.07, 6.45) is 11.2. The van der Waals surface area contributed by atoms with Crippen LogP contribution in [0.5, 0.6) is 0 Å². The lowest BCUT2D eigenvalue weighted by Gasteiger charge is -2.08. The van der Waals surface area contributed by atoms with Crippen LogP contribution in [0.2, 0.25) is 0 Å². The first-order valence-electron chi connectivity index (χ1n) is 9.54. The highest BCUT2D eigenvalue weighted by molar-refractivity contribution is 7.99. The van der Waals surface area contributed by atoms with E-state index < -0.39 is 0 Å². The Hall–Kier alpha value is -2.28. The van der Waals surface area contributed by atoms with Crippen molar-refractivity contribution in [3.8, 4) is 11.4 Å². The molecule has 0 spiro atoms. The van der Waals surface area contributed by atoms with Crippen molar-refractivity contribution in [3.05, 3.63) is 41.6 Å². The summed E-state index contributed by atoms with van der Waals surface area (Å²) in [5.41, 5.74) is 2.93. The predicted molar refractivity (Wildman–Crippen MR) is 106 cm³/mol. The first kappa shape index (κ1) is 18.1. The van der Waals surface area contributed by atoms with Gasteiger partial charge in [-0.15, -0.1) is 5.10 Å². The number of pyridine rings is 1. The number of aromatic amines is 1. The maximum atomic E-state index is 4.73. The van der Waals surface area contributed by atoms with Gasteiger partial charge in [-0.1, -0.05) is 25.7 Å². The fourth-order valence-corrected chi connectivity index (χ4v) is 4.34. The van der Waals surface area contributed by atoms with Crippen LogP contribution in [-0.2, 0) is 6.42 Å². The van der Waals surface area contributed by atoms with Gasteiger partial charge in [0.05, 0.1) is 0 Å². The van der Waals surface area contributed by atoms with Crippen LogP contribution in [0.3, 0.4) is 0 Å². The van der Waals surface area contributed by atoms with Crippen LogP contribution in [0.15, 0.2) is 34.7 Å². The topological polar surface area (TPSA) is 80.2 Å². The number of H-pyrrole nitrogens is 1. The molecule has 1 fully saturated rings. The van der Waals surface area contributed by atoms with E-state index in [1.807, 2.05) is 26.0 Å². The SMILES string of the molecule is Cc1nc(-c2cccnc2)nc(Sc2n[nH]c(CCC3CCCC3)n2)c1C. The molecule has 4 rings (SSSR count). The van der Waals surface area contributed by atoms with E-state index in [0.717, 1.165) is 45.2 Å². The van der Waals surface area contributed by atoms with Crippen molar-refractivity contribution >= 4 is 11.8 Å². The summed E-state index contributed by atoms with van der Waals surface area (Å²) in [4.78, 5) is 18.2. The molecule has 140 valence electrons. The first-order valence-corrected chi connectivity index (χ1v) is 10.4. The summed E-state index contributed by atoms with van der Waals surface area (Å²) >= 11 is 1.49. The van der Waals surface area contributed by atoms with Crippen LogP contribution in [-0.4, -0.2) is 30.1 Å². The van der Waals surface area contributed by atoms with E-state index in [1.54, 1.807) is 12.4 Å². The van der Waals surface area contributed by atoms with Crippen LogP contribution >= 0.6 is 11.8 Å². The Kier molecular flexibility index (Phi) is 5.48. The van der Waals surface area contributed by atoms with Crippen molar-refractivity contribution in [3.63, 3.8) is 0 Å². The molecule has 0 aliphatic heterocycles. The Morgan fingerprint density at radius 1 is 1.15 bits per heavy atom. The van der Waals surface area contributed by atoms with Crippen molar-refractivity contribution in [2.24, 2.45) is 5.92 Å². The minimum absolute atomic E-state index is 0.686. The molecule has 7 heteroatoms. The monoisotopic (exact) mass is 380 g/mol. The van der Waals surface area contributed by atoms with Gasteiger partial charge in [-0.2, -0.15) is 0 Å². The standard InChI is InChI=1S/C20H24N6S/c1-13-14(2)22-18(16-8-5-11-21-12-16)24-19(13)27-20-23-17(25-26-20)10-9-15-6-3-4-7-15/h5,8,11-12,15H,3-4,6-7,9-10H2,1-2H3,(H,23,25,26). The molecule has 1 aliphatic carbocycles. The molecule has 6 nitrogen and oxygen atoms in total. The zero-order valence-corrected chi connectivity index (χ0v) is 16.6. The van der Waals surface area contributed by atoms with Gasteiger partial charge in [-0.25, -0.2) is 15.0 Å². The van der Waals surface area contributed by atoms with Gasteiger partial charge < -0.3 is 0 Å². The minimum atomic E-state index is 0.686. The normalized spacial score (nSPS) is 14.7. The number of nitrogens with zero attached hydrogens (tertiary/aromatic N) is 5. The average Bonchev–Trinajstić information content (AvgIpc) is 3.36. The molecule has 1 aliphatic rings. The molecule has 0 atom stereocenters. The Morgan fingerprint density at radius 3 is 2.78 bits per heavy atom. The molecule has 0 amide bonds. The molecular weight excluding hydrogens is 356 g/mol. The van der Waals surface area contributed by atoms with E-state index in [2.05, 4.69) is 25.1 Å². The zero-order valence-electron chi connectivity index (χ0n) is 15.8. The van der Waals surface area contributed by atoms with E-state index in [-0.39, 0.29) is 0 Å². The summed E-state index contributed by atoms with van der Waals surface area (Å²) < 4.78 is 0. The van der Waals surface area contributed by atoms with Crippen molar-refractivity contribution in [2.45, 2.75) is 62.6 Å². The van der Waals surface area contributed by atoms with Crippen molar-refractivity contribution < 1.29 is 0 Å². The van der Waals surface area contributed by atoms with Crippen molar-refractivity contribution in [2.75, 3.05) is 0 Å². The van der Waals surface area contributed by atoms with Gasteiger partial charge in [0, 0.05) is 35.6 Å². The number of aryl methyl sites for hydroxylation is 2. The fourth-order valence-electron chi connectivity index (χ4n) is 3.49. The predicted octanol–water partition coefficient (Wildman–Crippen LogP) is 4.55. The molecule has 0 radical (unpaired) electrons. The third kappa shape index (κ3) is 4.35. The smallest absolute Gasteiger partial charge is 0.214 e. The van der Waals surface area contributed by atoms with E-state index in [9.17, 15) is 0 Å². The van der Waals surface area contributed by atoms with Gasteiger partial charge in [-0.05, 0) is 50.1 Å². The molecule has 1 N–H and O–H groups in total. The Morgan fingerprint density at radius 2 is 2.00 bits per heavy atom. The summed E-state index contributed by atoms with van der Waals surface area (Å²) in [6.45, 7) is 4.05. The van der Waals surface area contributed by atoms with Crippen molar-refractivity contribution in [1.29, 1.82) is 0 Å². The lowest BCUT2D eigenvalue weighted by molar-refractivity contribution is 0.497. The van der Waals surface area contributed by atoms with E-state index >= 15 is 0 Å². The van der Waals surface area contributed by atoms with Gasteiger partial charge in [0.2, 0.25) is 5.16 Å². The zero-order chi connectivity index (χ0) is 18.6. The Balaban J connectivity index is 1.49. The molecule has 0 bridgehead atoms.